The number of carbonyl (C=O) groups excluding carboxylic acids is 2. The Hall–Kier alpha value is -2.34. The van der Waals surface area contributed by atoms with E-state index in [2.05, 4.69) is 27.4 Å². The Morgan fingerprint density at radius 1 is 1.17 bits per heavy atom. The van der Waals surface area contributed by atoms with E-state index in [1.807, 2.05) is 0 Å². The molecule has 1 atom stereocenters. The fraction of sp³-hybridized carbons (Fsp3) is 0.294. The number of hydrogen-bond acceptors (Lipinski definition) is 3. The van der Waals surface area contributed by atoms with Crippen LogP contribution < -0.4 is 16.0 Å². The minimum Gasteiger partial charge on any atom is -0.355 e. The second-order valence-electron chi connectivity index (χ2n) is 5.50. The highest BCUT2D eigenvalue weighted by Crippen LogP contribution is 2.33. The predicted octanol–water partition coefficient (Wildman–Crippen LogP) is 3.31. The number of anilines is 1. The van der Waals surface area contributed by atoms with E-state index in [-0.39, 0.29) is 18.0 Å². The van der Waals surface area contributed by atoms with Gasteiger partial charge in [-0.15, -0.1) is 11.3 Å². The lowest BCUT2D eigenvalue weighted by Crippen LogP contribution is -2.33. The summed E-state index contributed by atoms with van der Waals surface area (Å²) in [5.41, 5.74) is 2.47. The van der Waals surface area contributed by atoms with Crippen LogP contribution in [0.5, 0.6) is 0 Å². The van der Waals surface area contributed by atoms with Crippen LogP contribution in [0, 0.1) is 0 Å². The second-order valence-corrected chi connectivity index (χ2v) is 6.50. The van der Waals surface area contributed by atoms with E-state index in [4.69, 9.17) is 0 Å². The SMILES string of the molecule is CNC(=O)c1ccc(NC(=O)N[C@H]2CCCc3sccc32)cc1. The number of urea groups is 1. The molecule has 0 unspecified atom stereocenters. The van der Waals surface area contributed by atoms with Crippen LogP contribution in [0.3, 0.4) is 0 Å². The van der Waals surface area contributed by atoms with Gasteiger partial charge in [0.05, 0.1) is 6.04 Å². The number of amides is 3. The van der Waals surface area contributed by atoms with Gasteiger partial charge < -0.3 is 16.0 Å². The van der Waals surface area contributed by atoms with Crippen LogP contribution in [-0.2, 0) is 6.42 Å². The van der Waals surface area contributed by atoms with Crippen molar-refractivity contribution in [1.82, 2.24) is 10.6 Å². The molecule has 1 aromatic carbocycles. The maximum atomic E-state index is 12.2. The molecule has 120 valence electrons. The van der Waals surface area contributed by atoms with Gasteiger partial charge in [0.25, 0.3) is 5.91 Å². The van der Waals surface area contributed by atoms with Crippen molar-refractivity contribution in [3.63, 3.8) is 0 Å². The number of thiophene rings is 1. The molecule has 2 aromatic rings. The first-order valence-electron chi connectivity index (χ1n) is 7.63. The van der Waals surface area contributed by atoms with Gasteiger partial charge in [-0.05, 0) is 60.5 Å². The van der Waals surface area contributed by atoms with Gasteiger partial charge in [0.1, 0.15) is 0 Å². The summed E-state index contributed by atoms with van der Waals surface area (Å²) in [6.45, 7) is 0. The Bertz CT molecular complexity index is 709. The summed E-state index contributed by atoms with van der Waals surface area (Å²) in [4.78, 5) is 25.1. The summed E-state index contributed by atoms with van der Waals surface area (Å²) in [6, 6.07) is 8.78. The van der Waals surface area contributed by atoms with Crippen molar-refractivity contribution in [2.24, 2.45) is 0 Å². The van der Waals surface area contributed by atoms with Gasteiger partial charge in [-0.1, -0.05) is 0 Å². The maximum Gasteiger partial charge on any atom is 0.319 e. The number of aryl methyl sites for hydroxylation is 1. The van der Waals surface area contributed by atoms with Crippen LogP contribution in [0.25, 0.3) is 0 Å². The van der Waals surface area contributed by atoms with Gasteiger partial charge in [-0.25, -0.2) is 4.79 Å². The average molecular weight is 329 g/mol. The molecular weight excluding hydrogens is 310 g/mol. The first-order chi connectivity index (χ1) is 11.2. The quantitative estimate of drug-likeness (QED) is 0.808. The van der Waals surface area contributed by atoms with Crippen molar-refractivity contribution >= 4 is 29.0 Å². The van der Waals surface area contributed by atoms with E-state index in [9.17, 15) is 9.59 Å². The molecule has 1 heterocycles. The molecule has 3 rings (SSSR count). The van der Waals surface area contributed by atoms with Gasteiger partial charge in [0.2, 0.25) is 0 Å². The van der Waals surface area contributed by atoms with Crippen LogP contribution >= 0.6 is 11.3 Å². The summed E-state index contributed by atoms with van der Waals surface area (Å²) in [6.07, 6.45) is 3.17. The number of fused-ring (bicyclic) bond motifs is 1. The van der Waals surface area contributed by atoms with Crippen molar-refractivity contribution in [3.05, 3.63) is 51.7 Å². The van der Waals surface area contributed by atoms with Crippen molar-refractivity contribution in [2.45, 2.75) is 25.3 Å². The molecule has 23 heavy (non-hydrogen) atoms. The first kappa shape index (κ1) is 15.6. The lowest BCUT2D eigenvalue weighted by molar-refractivity contribution is 0.0963. The molecule has 3 amide bonds. The highest BCUT2D eigenvalue weighted by atomic mass is 32.1. The molecular formula is C17H19N3O2S. The molecule has 0 saturated heterocycles. The lowest BCUT2D eigenvalue weighted by Gasteiger charge is -2.23. The Balaban J connectivity index is 1.61. The minimum atomic E-state index is -0.221. The van der Waals surface area contributed by atoms with Crippen LogP contribution in [0.2, 0.25) is 0 Å². The van der Waals surface area contributed by atoms with Gasteiger partial charge in [-0.3, -0.25) is 4.79 Å². The number of benzene rings is 1. The largest absolute Gasteiger partial charge is 0.355 e. The van der Waals surface area contributed by atoms with Gasteiger partial charge >= 0.3 is 6.03 Å². The number of carbonyl (C=O) groups is 2. The molecule has 1 aromatic heterocycles. The molecule has 6 heteroatoms. The molecule has 0 radical (unpaired) electrons. The van der Waals surface area contributed by atoms with E-state index in [0.717, 1.165) is 19.3 Å². The van der Waals surface area contributed by atoms with Crippen molar-refractivity contribution in [3.8, 4) is 0 Å². The molecule has 0 spiro atoms. The number of nitrogens with one attached hydrogen (secondary N) is 3. The Morgan fingerprint density at radius 3 is 2.70 bits per heavy atom. The third-order valence-electron chi connectivity index (χ3n) is 3.99. The summed E-state index contributed by atoms with van der Waals surface area (Å²) in [5.74, 6) is -0.145. The van der Waals surface area contributed by atoms with Crippen molar-refractivity contribution < 1.29 is 9.59 Å². The van der Waals surface area contributed by atoms with E-state index in [1.165, 1.54) is 10.4 Å². The van der Waals surface area contributed by atoms with Crippen molar-refractivity contribution in [2.75, 3.05) is 12.4 Å². The van der Waals surface area contributed by atoms with Crippen LogP contribution in [0.1, 0.15) is 39.7 Å². The Morgan fingerprint density at radius 2 is 1.96 bits per heavy atom. The molecule has 0 aliphatic heterocycles. The normalized spacial score (nSPS) is 16.3. The van der Waals surface area contributed by atoms with Gasteiger partial charge in [0, 0.05) is 23.2 Å². The average Bonchev–Trinajstić information content (AvgIpc) is 3.04. The fourth-order valence-corrected chi connectivity index (χ4v) is 3.80. The molecule has 1 aliphatic carbocycles. The summed E-state index contributed by atoms with van der Waals surface area (Å²) < 4.78 is 0. The van der Waals surface area contributed by atoms with Crippen LogP contribution in [0.4, 0.5) is 10.5 Å². The topological polar surface area (TPSA) is 70.2 Å². The molecule has 3 N–H and O–H groups in total. The third-order valence-corrected chi connectivity index (χ3v) is 4.99. The molecule has 5 nitrogen and oxygen atoms in total. The minimum absolute atomic E-state index is 0.0788. The monoisotopic (exact) mass is 329 g/mol. The standard InChI is InChI=1S/C17H19N3O2S/c1-18-16(21)11-5-7-12(8-6-11)19-17(22)20-14-3-2-4-15-13(14)9-10-23-15/h5-10,14H,2-4H2,1H3,(H,18,21)(H2,19,20,22)/t14-/m0/s1. The van der Waals surface area contributed by atoms with E-state index in [1.54, 1.807) is 42.6 Å². The fourth-order valence-electron chi connectivity index (χ4n) is 2.81. The lowest BCUT2D eigenvalue weighted by atomic mass is 9.94. The highest BCUT2D eigenvalue weighted by molar-refractivity contribution is 7.10. The van der Waals surface area contributed by atoms with Crippen molar-refractivity contribution in [1.29, 1.82) is 0 Å². The van der Waals surface area contributed by atoms with E-state index < -0.39 is 0 Å². The molecule has 1 aliphatic rings. The van der Waals surface area contributed by atoms with Gasteiger partial charge in [0.15, 0.2) is 0 Å². The second kappa shape index (κ2) is 6.83. The Labute approximate surface area is 139 Å². The van der Waals surface area contributed by atoms with Gasteiger partial charge in [-0.2, -0.15) is 0 Å². The first-order valence-corrected chi connectivity index (χ1v) is 8.51. The maximum absolute atomic E-state index is 12.2. The molecule has 0 fully saturated rings. The third kappa shape index (κ3) is 3.53. The summed E-state index contributed by atoms with van der Waals surface area (Å²) in [7, 11) is 1.59. The zero-order chi connectivity index (χ0) is 16.2. The smallest absolute Gasteiger partial charge is 0.319 e. The van der Waals surface area contributed by atoms with Crippen LogP contribution in [0.15, 0.2) is 35.7 Å². The van der Waals surface area contributed by atoms with E-state index in [0.29, 0.717) is 11.3 Å². The zero-order valence-corrected chi connectivity index (χ0v) is 13.7. The molecule has 0 bridgehead atoms. The number of hydrogen-bond donors (Lipinski definition) is 3. The Kier molecular flexibility index (Phi) is 4.62. The van der Waals surface area contributed by atoms with Crippen LogP contribution in [-0.4, -0.2) is 19.0 Å². The highest BCUT2D eigenvalue weighted by Gasteiger charge is 2.22. The number of rotatable bonds is 3. The molecule has 0 saturated carbocycles. The summed E-state index contributed by atoms with van der Waals surface area (Å²) >= 11 is 1.76. The predicted molar refractivity (Wildman–Crippen MR) is 92.0 cm³/mol. The zero-order valence-electron chi connectivity index (χ0n) is 12.9. The van der Waals surface area contributed by atoms with E-state index >= 15 is 0 Å². The summed E-state index contributed by atoms with van der Waals surface area (Å²) in [5, 5.41) is 10.5.